The molecule has 2 aromatic rings. The molecule has 0 unspecified atom stereocenters. The monoisotopic (exact) mass is 208 g/mol. The second kappa shape index (κ2) is 3.26. The van der Waals surface area contributed by atoms with Crippen LogP contribution in [0.2, 0.25) is 0 Å². The molecule has 2 rings (SSSR count). The van der Waals surface area contributed by atoms with E-state index >= 15 is 0 Å². The Morgan fingerprint density at radius 2 is 1.93 bits per heavy atom. The maximum absolute atomic E-state index is 11.6. The number of hydrogen-bond donors (Lipinski definition) is 2. The van der Waals surface area contributed by atoms with Gasteiger partial charge in [0.2, 0.25) is 0 Å². The first kappa shape index (κ1) is 9.50. The smallest absolute Gasteiger partial charge is 0.364 e. The number of fused-ring (bicyclic) bond motifs is 1. The molecule has 1 heterocycles. The predicted octanol–water partition coefficient (Wildman–Crippen LogP) is 0.451. The summed E-state index contributed by atoms with van der Waals surface area (Å²) >= 11 is 0. The van der Waals surface area contributed by atoms with Gasteiger partial charge >= 0.3 is 5.63 Å². The van der Waals surface area contributed by atoms with Crippen molar-refractivity contribution in [3.05, 3.63) is 34.7 Å². The summed E-state index contributed by atoms with van der Waals surface area (Å²) in [6.45, 7) is 0. The van der Waals surface area contributed by atoms with Crippen LogP contribution in [-0.4, -0.2) is 10.4 Å². The van der Waals surface area contributed by atoms with Crippen LogP contribution >= 0.6 is 0 Å². The molecule has 0 bridgehead atoms. The third kappa shape index (κ3) is 1.41. The molecule has 0 aliphatic rings. The summed E-state index contributed by atoms with van der Waals surface area (Å²) < 4.78 is 4.72. The lowest BCUT2D eigenvalue weighted by molar-refractivity contribution is -0.266. The first-order valence-corrected chi connectivity index (χ1v) is 4.02. The van der Waals surface area contributed by atoms with Gasteiger partial charge in [-0.25, -0.2) is 4.79 Å². The van der Waals surface area contributed by atoms with Gasteiger partial charge in [-0.1, -0.05) is 23.9 Å². The van der Waals surface area contributed by atoms with Crippen LogP contribution in [0.3, 0.4) is 0 Å². The predicted molar refractivity (Wildman–Crippen MR) is 48.0 cm³/mol. The van der Waals surface area contributed by atoms with Crippen LogP contribution in [0.15, 0.2) is 33.5 Å². The lowest BCUT2D eigenvalue weighted by Crippen LogP contribution is -2.21. The molecule has 1 aromatic heterocycles. The van der Waals surface area contributed by atoms with Gasteiger partial charge in [0.25, 0.3) is 0 Å². The fourth-order valence-corrected chi connectivity index (χ4v) is 1.28. The van der Waals surface area contributed by atoms with Gasteiger partial charge in [0.1, 0.15) is 5.58 Å². The van der Waals surface area contributed by atoms with Crippen molar-refractivity contribution in [1.82, 2.24) is 0 Å². The van der Waals surface area contributed by atoms with E-state index in [2.05, 4.69) is 0 Å². The quantitative estimate of drug-likeness (QED) is 0.521. The molecule has 0 aliphatic carbocycles. The second-order valence-corrected chi connectivity index (χ2v) is 2.85. The Kier molecular flexibility index (Phi) is 2.07. The summed E-state index contributed by atoms with van der Waals surface area (Å²) in [6.07, 6.45) is 0. The highest BCUT2D eigenvalue weighted by Crippen LogP contribution is 2.27. The van der Waals surface area contributed by atoms with E-state index in [1.807, 2.05) is 0 Å². The van der Waals surface area contributed by atoms with Crippen LogP contribution in [0.5, 0.6) is 5.75 Å². The standard InChI is InChI=1S/C9H7NO5/c11-8-5-3-1-2-4-6(5)15-9(12)7(8)10(13)14/h1-4,11,13-14H/p-1. The van der Waals surface area contributed by atoms with Crippen molar-refractivity contribution in [3.8, 4) is 5.75 Å². The van der Waals surface area contributed by atoms with Crippen LogP contribution in [-0.2, 0) is 0 Å². The number of rotatable bonds is 1. The van der Waals surface area contributed by atoms with Crippen LogP contribution < -0.4 is 16.0 Å². The lowest BCUT2D eigenvalue weighted by Gasteiger charge is -2.16. The van der Waals surface area contributed by atoms with E-state index in [1.165, 1.54) is 12.1 Å². The average Bonchev–Trinajstić information content (AvgIpc) is 2.17. The Labute approximate surface area is 83.1 Å². The van der Waals surface area contributed by atoms with Gasteiger partial charge in [0.05, 0.1) is 0 Å². The van der Waals surface area contributed by atoms with Gasteiger partial charge in [0.15, 0.2) is 5.69 Å². The molecule has 0 atom stereocenters. The lowest BCUT2D eigenvalue weighted by atomic mass is 10.2. The summed E-state index contributed by atoms with van der Waals surface area (Å²) in [5, 5.41) is 28.5. The fourth-order valence-electron chi connectivity index (χ4n) is 1.28. The van der Waals surface area contributed by atoms with Crippen molar-refractivity contribution in [3.63, 3.8) is 0 Å². The molecule has 0 saturated carbocycles. The van der Waals surface area contributed by atoms with E-state index in [0.717, 1.165) is 0 Å². The Bertz CT molecular complexity index is 560. The third-order valence-corrected chi connectivity index (χ3v) is 1.94. The first-order valence-electron chi connectivity index (χ1n) is 4.02. The normalized spacial score (nSPS) is 10.5. The van der Waals surface area contributed by atoms with E-state index in [1.54, 1.807) is 12.1 Å². The van der Waals surface area contributed by atoms with Crippen molar-refractivity contribution in [2.45, 2.75) is 0 Å². The molecular formula is C9H6NO5-. The minimum atomic E-state index is -1.09. The molecule has 6 nitrogen and oxygen atoms in total. The van der Waals surface area contributed by atoms with Gasteiger partial charge < -0.3 is 9.52 Å². The second-order valence-electron chi connectivity index (χ2n) is 2.85. The van der Waals surface area contributed by atoms with Crippen LogP contribution in [0, 0.1) is 0 Å². The Morgan fingerprint density at radius 1 is 1.27 bits per heavy atom. The van der Waals surface area contributed by atoms with E-state index in [-0.39, 0.29) is 11.0 Å². The van der Waals surface area contributed by atoms with Crippen LogP contribution in [0.25, 0.3) is 11.0 Å². The zero-order valence-electron chi connectivity index (χ0n) is 7.38. The molecule has 6 heteroatoms. The first-order chi connectivity index (χ1) is 7.11. The molecule has 0 amide bonds. The fraction of sp³-hybridized carbons (Fsp3) is 0. The molecule has 2 N–H and O–H groups in total. The molecule has 0 saturated heterocycles. The van der Waals surface area contributed by atoms with Crippen LogP contribution in [0.1, 0.15) is 0 Å². The van der Waals surface area contributed by atoms with Crippen molar-refractivity contribution in [2.24, 2.45) is 0 Å². The van der Waals surface area contributed by atoms with E-state index in [0.29, 0.717) is 0 Å². The topological polar surface area (TPSA) is 97.0 Å². The molecule has 0 radical (unpaired) electrons. The van der Waals surface area contributed by atoms with Crippen molar-refractivity contribution >= 4 is 16.7 Å². The maximum Gasteiger partial charge on any atom is 0.364 e. The maximum atomic E-state index is 11.6. The number of hydrogen-bond acceptors (Lipinski definition) is 6. The van der Waals surface area contributed by atoms with E-state index in [4.69, 9.17) is 14.8 Å². The Morgan fingerprint density at radius 3 is 2.60 bits per heavy atom. The third-order valence-electron chi connectivity index (χ3n) is 1.94. The van der Waals surface area contributed by atoms with Crippen LogP contribution in [0.4, 0.5) is 5.69 Å². The summed E-state index contributed by atoms with van der Waals surface area (Å²) in [5.74, 6) is -0.785. The summed E-state index contributed by atoms with van der Waals surface area (Å²) in [5.41, 5.74) is -1.81. The highest BCUT2D eigenvalue weighted by atomic mass is 16.8. The molecule has 0 aliphatic heterocycles. The van der Waals surface area contributed by atoms with Gasteiger partial charge in [-0.2, -0.15) is 0 Å². The van der Waals surface area contributed by atoms with Gasteiger partial charge in [-0.15, -0.1) is 5.23 Å². The molecular weight excluding hydrogens is 202 g/mol. The minimum absolute atomic E-state index is 0.109. The molecule has 0 spiro atoms. The Balaban J connectivity index is 2.90. The largest absolute Gasteiger partial charge is 0.870 e. The summed E-state index contributed by atoms with van der Waals surface area (Å²) in [7, 11) is 0. The van der Waals surface area contributed by atoms with Gasteiger partial charge in [-0.05, 0) is 6.07 Å². The minimum Gasteiger partial charge on any atom is -0.870 e. The SMILES string of the molecule is O=c1oc2ccccc2c([O-])c1N(O)O. The number of benzene rings is 1. The number of nitrogens with zero attached hydrogens (tertiary/aromatic N) is 1. The van der Waals surface area contributed by atoms with E-state index < -0.39 is 22.3 Å². The number of anilines is 1. The molecule has 78 valence electrons. The molecule has 15 heavy (non-hydrogen) atoms. The van der Waals surface area contributed by atoms with E-state index in [9.17, 15) is 9.90 Å². The van der Waals surface area contributed by atoms with Gasteiger partial charge in [0, 0.05) is 5.39 Å². The van der Waals surface area contributed by atoms with Crippen molar-refractivity contribution < 1.29 is 19.9 Å². The average molecular weight is 208 g/mol. The van der Waals surface area contributed by atoms with Crippen molar-refractivity contribution in [1.29, 1.82) is 0 Å². The highest BCUT2D eigenvalue weighted by molar-refractivity contribution is 5.87. The molecule has 0 fully saturated rings. The summed E-state index contributed by atoms with van der Waals surface area (Å²) in [6, 6.07) is 6.04. The summed E-state index contributed by atoms with van der Waals surface area (Å²) in [4.78, 5) is 11.2. The Hall–Kier alpha value is -2.05. The molecule has 1 aromatic carbocycles. The van der Waals surface area contributed by atoms with Crippen molar-refractivity contribution in [2.75, 3.05) is 5.23 Å². The van der Waals surface area contributed by atoms with Gasteiger partial charge in [-0.3, -0.25) is 10.4 Å². The highest BCUT2D eigenvalue weighted by Gasteiger charge is 2.11. The number of para-hydroxylation sites is 1. The zero-order chi connectivity index (χ0) is 11.0. The zero-order valence-corrected chi connectivity index (χ0v) is 7.38.